The molecule has 0 aliphatic rings. The van der Waals surface area contributed by atoms with E-state index in [9.17, 15) is 0 Å². The maximum atomic E-state index is 3.84. The van der Waals surface area contributed by atoms with Gasteiger partial charge in [0.15, 0.2) is 0 Å². The van der Waals surface area contributed by atoms with E-state index in [1.54, 1.807) is 0 Å². The van der Waals surface area contributed by atoms with Gasteiger partial charge in [0.05, 0.1) is 5.82 Å². The molecule has 0 radical (unpaired) electrons. The maximum absolute atomic E-state index is 3.84. The van der Waals surface area contributed by atoms with E-state index in [4.69, 9.17) is 0 Å². The lowest BCUT2D eigenvalue weighted by Crippen LogP contribution is -2.26. The molecule has 2 heteroatoms. The first kappa shape index (κ1) is 10.3. The molecule has 0 unspecified atom stereocenters. The van der Waals surface area contributed by atoms with Crippen molar-refractivity contribution < 1.29 is 0 Å². The summed E-state index contributed by atoms with van der Waals surface area (Å²) in [5.41, 5.74) is 0. The van der Waals surface area contributed by atoms with E-state index in [1.807, 2.05) is 0 Å². The predicted molar refractivity (Wildman–Crippen MR) is 50.3 cm³/mol. The van der Waals surface area contributed by atoms with Crippen LogP contribution in [0.3, 0.4) is 0 Å². The normalized spacial score (nSPS) is 9.27. The predicted octanol–water partition coefficient (Wildman–Crippen LogP) is 1.85. The van der Waals surface area contributed by atoms with E-state index < -0.39 is 0 Å². The van der Waals surface area contributed by atoms with Crippen LogP contribution >= 0.6 is 0 Å². The molecule has 0 atom stereocenters. The summed E-state index contributed by atoms with van der Waals surface area (Å²) < 4.78 is 0. The third kappa shape index (κ3) is 7.23. The third-order valence-corrected chi connectivity index (χ3v) is 1.46. The first-order valence-corrected chi connectivity index (χ1v) is 4.47. The van der Waals surface area contributed by atoms with Gasteiger partial charge in [0.25, 0.3) is 0 Å². The van der Waals surface area contributed by atoms with Crippen LogP contribution in [0.1, 0.15) is 33.1 Å². The average molecular weight is 156 g/mol. The topological polar surface area (TPSA) is 24.1 Å². The smallest absolute Gasteiger partial charge is 0.0912 e. The van der Waals surface area contributed by atoms with Gasteiger partial charge < -0.3 is 10.6 Å². The minimum absolute atomic E-state index is 0.959. The number of rotatable bonds is 7. The van der Waals surface area contributed by atoms with Crippen molar-refractivity contribution in [1.82, 2.24) is 10.6 Å². The highest BCUT2D eigenvalue weighted by molar-refractivity contribution is 4.86. The summed E-state index contributed by atoms with van der Waals surface area (Å²) in [6.45, 7) is 10.2. The number of hydrogen-bond acceptors (Lipinski definition) is 2. The van der Waals surface area contributed by atoms with Crippen molar-refractivity contribution in [3.05, 3.63) is 12.4 Å². The second-order valence-corrected chi connectivity index (χ2v) is 2.69. The molecule has 2 N–H and O–H groups in total. The van der Waals surface area contributed by atoms with E-state index in [-0.39, 0.29) is 0 Å². The molecule has 0 rings (SSSR count). The molecule has 0 aromatic carbocycles. The van der Waals surface area contributed by atoms with Crippen LogP contribution in [0.4, 0.5) is 0 Å². The third-order valence-electron chi connectivity index (χ3n) is 1.46. The minimum atomic E-state index is 0.959. The van der Waals surface area contributed by atoms with Gasteiger partial charge in [0.1, 0.15) is 0 Å². The quantitative estimate of drug-likeness (QED) is 0.550. The molecule has 0 amide bonds. The summed E-state index contributed by atoms with van der Waals surface area (Å²) >= 11 is 0. The molecule has 2 nitrogen and oxygen atoms in total. The lowest BCUT2D eigenvalue weighted by molar-refractivity contribution is 0.644. The van der Waals surface area contributed by atoms with E-state index in [2.05, 4.69) is 31.1 Å². The summed E-state index contributed by atoms with van der Waals surface area (Å²) in [4.78, 5) is 0. The Balaban J connectivity index is 3.09. The van der Waals surface area contributed by atoms with Crippen LogP contribution in [-0.2, 0) is 0 Å². The Morgan fingerprint density at radius 1 is 1.09 bits per heavy atom. The van der Waals surface area contributed by atoms with Gasteiger partial charge >= 0.3 is 0 Å². The van der Waals surface area contributed by atoms with Gasteiger partial charge in [-0.1, -0.05) is 26.8 Å². The van der Waals surface area contributed by atoms with E-state index >= 15 is 0 Å². The maximum Gasteiger partial charge on any atom is 0.0912 e. The van der Waals surface area contributed by atoms with Crippen molar-refractivity contribution in [2.75, 3.05) is 13.1 Å². The standard InChI is InChI=1S/C9H20N2/c1-4-6-8-11-9(3)10-7-5-2/h10-11H,3-8H2,1-2H3. The fraction of sp³-hybridized carbons (Fsp3) is 0.778. The van der Waals surface area contributed by atoms with Gasteiger partial charge in [0.2, 0.25) is 0 Å². The van der Waals surface area contributed by atoms with E-state index in [0.29, 0.717) is 0 Å². The molecule has 0 aliphatic carbocycles. The molecule has 66 valence electrons. The Morgan fingerprint density at radius 2 is 1.73 bits per heavy atom. The molecule has 0 heterocycles. The second kappa shape index (κ2) is 7.45. The number of hydrogen-bond donors (Lipinski definition) is 2. The molecule has 11 heavy (non-hydrogen) atoms. The number of nitrogens with one attached hydrogen (secondary N) is 2. The summed E-state index contributed by atoms with van der Waals surface area (Å²) in [6.07, 6.45) is 3.59. The Labute approximate surface area is 70.1 Å². The molecular weight excluding hydrogens is 136 g/mol. The SMILES string of the molecule is C=C(NCCC)NCCCC. The molecule has 0 aromatic heterocycles. The van der Waals surface area contributed by atoms with Gasteiger partial charge in [-0.3, -0.25) is 0 Å². The van der Waals surface area contributed by atoms with Crippen LogP contribution in [0.15, 0.2) is 12.4 Å². The van der Waals surface area contributed by atoms with Gasteiger partial charge in [-0.05, 0) is 12.8 Å². The zero-order valence-electron chi connectivity index (χ0n) is 7.74. The second-order valence-electron chi connectivity index (χ2n) is 2.69. The highest BCUT2D eigenvalue weighted by atomic mass is 15.1. The van der Waals surface area contributed by atoms with Crippen LogP contribution in [-0.4, -0.2) is 13.1 Å². The van der Waals surface area contributed by atoms with Crippen molar-refractivity contribution in [1.29, 1.82) is 0 Å². The largest absolute Gasteiger partial charge is 0.372 e. The zero-order valence-corrected chi connectivity index (χ0v) is 7.74. The molecule has 0 saturated heterocycles. The molecule has 0 spiro atoms. The highest BCUT2D eigenvalue weighted by Crippen LogP contribution is 1.85. The Hall–Kier alpha value is -0.660. The van der Waals surface area contributed by atoms with Crippen molar-refractivity contribution in [3.63, 3.8) is 0 Å². The van der Waals surface area contributed by atoms with Gasteiger partial charge in [-0.2, -0.15) is 0 Å². The summed E-state index contributed by atoms with van der Waals surface area (Å²) in [5, 5.41) is 6.40. The summed E-state index contributed by atoms with van der Waals surface area (Å²) in [7, 11) is 0. The molecule has 0 aromatic rings. The van der Waals surface area contributed by atoms with E-state index in [1.165, 1.54) is 12.8 Å². The molecule has 0 saturated carbocycles. The first-order valence-electron chi connectivity index (χ1n) is 4.47. The lowest BCUT2D eigenvalue weighted by atomic mass is 10.3. The Kier molecular flexibility index (Phi) is 7.00. The van der Waals surface area contributed by atoms with Crippen LogP contribution < -0.4 is 10.6 Å². The van der Waals surface area contributed by atoms with Gasteiger partial charge in [0, 0.05) is 13.1 Å². The van der Waals surface area contributed by atoms with Gasteiger partial charge in [-0.25, -0.2) is 0 Å². The van der Waals surface area contributed by atoms with Crippen molar-refractivity contribution >= 4 is 0 Å². The monoisotopic (exact) mass is 156 g/mol. The summed E-state index contributed by atoms with van der Waals surface area (Å²) in [5.74, 6) is 0.959. The molecule has 0 aliphatic heterocycles. The summed E-state index contributed by atoms with van der Waals surface area (Å²) in [6, 6.07) is 0. The van der Waals surface area contributed by atoms with Crippen LogP contribution in [0.2, 0.25) is 0 Å². The van der Waals surface area contributed by atoms with E-state index in [0.717, 1.165) is 25.3 Å². The van der Waals surface area contributed by atoms with Crippen molar-refractivity contribution in [3.8, 4) is 0 Å². The van der Waals surface area contributed by atoms with Crippen LogP contribution in [0.5, 0.6) is 0 Å². The Morgan fingerprint density at radius 3 is 2.27 bits per heavy atom. The molecule has 0 fully saturated rings. The van der Waals surface area contributed by atoms with Crippen LogP contribution in [0.25, 0.3) is 0 Å². The van der Waals surface area contributed by atoms with Crippen LogP contribution in [0, 0.1) is 0 Å². The zero-order chi connectivity index (χ0) is 8.53. The molecule has 0 bridgehead atoms. The fourth-order valence-corrected chi connectivity index (χ4v) is 0.754. The Bertz CT molecular complexity index is 99.7. The molecular formula is C9H20N2. The first-order chi connectivity index (χ1) is 5.31. The lowest BCUT2D eigenvalue weighted by Gasteiger charge is -2.10. The van der Waals surface area contributed by atoms with Crippen molar-refractivity contribution in [2.24, 2.45) is 0 Å². The minimum Gasteiger partial charge on any atom is -0.372 e. The van der Waals surface area contributed by atoms with Gasteiger partial charge in [-0.15, -0.1) is 0 Å². The van der Waals surface area contributed by atoms with Crippen molar-refractivity contribution in [2.45, 2.75) is 33.1 Å². The fourth-order valence-electron chi connectivity index (χ4n) is 0.754. The number of unbranched alkanes of at least 4 members (excludes halogenated alkanes) is 1. The average Bonchev–Trinajstić information content (AvgIpc) is 2.01. The highest BCUT2D eigenvalue weighted by Gasteiger charge is 1.88.